The minimum atomic E-state index is 0.545. The topological polar surface area (TPSA) is 41.6 Å². The van der Waals surface area contributed by atoms with Crippen LogP contribution in [0.4, 0.5) is 0 Å². The molecule has 3 nitrogen and oxygen atoms in total. The Morgan fingerprint density at radius 1 is 1.46 bits per heavy atom. The summed E-state index contributed by atoms with van der Waals surface area (Å²) in [6.07, 6.45) is 3.43. The highest BCUT2D eigenvalue weighted by Crippen LogP contribution is 2.20. The fraction of sp³-hybridized carbons (Fsp3) is 0.111. The molecule has 0 bridgehead atoms. The fourth-order valence-electron chi connectivity index (χ4n) is 1.12. The number of pyridine rings is 1. The van der Waals surface area contributed by atoms with Gasteiger partial charge in [-0.25, -0.2) is 4.98 Å². The number of halogens is 1. The first-order chi connectivity index (χ1) is 6.27. The minimum absolute atomic E-state index is 0.545. The van der Waals surface area contributed by atoms with Gasteiger partial charge in [0.2, 0.25) is 0 Å². The lowest BCUT2D eigenvalue weighted by Crippen LogP contribution is -1.84. The second-order valence-electron chi connectivity index (χ2n) is 2.80. The van der Waals surface area contributed by atoms with E-state index in [0.717, 1.165) is 16.8 Å². The molecule has 0 fully saturated rings. The molecule has 13 heavy (non-hydrogen) atoms. The monoisotopic (exact) mass is 193 g/mol. The third kappa shape index (κ3) is 1.55. The number of aromatic amines is 1. The van der Waals surface area contributed by atoms with Crippen molar-refractivity contribution in [2.24, 2.45) is 0 Å². The Morgan fingerprint density at radius 2 is 2.31 bits per heavy atom. The first-order valence-corrected chi connectivity index (χ1v) is 4.27. The number of nitrogens with zero attached hydrogens (tertiary/aromatic N) is 2. The number of aryl methyl sites for hydroxylation is 1. The van der Waals surface area contributed by atoms with E-state index in [9.17, 15) is 0 Å². The van der Waals surface area contributed by atoms with Crippen molar-refractivity contribution in [1.82, 2.24) is 15.2 Å². The summed E-state index contributed by atoms with van der Waals surface area (Å²) in [7, 11) is 0. The van der Waals surface area contributed by atoms with Crippen LogP contribution >= 0.6 is 11.6 Å². The molecule has 2 rings (SSSR count). The van der Waals surface area contributed by atoms with Crippen molar-refractivity contribution < 1.29 is 0 Å². The van der Waals surface area contributed by atoms with Crippen LogP contribution in [0.5, 0.6) is 0 Å². The van der Waals surface area contributed by atoms with Gasteiger partial charge in [0.25, 0.3) is 0 Å². The molecule has 0 saturated carbocycles. The summed E-state index contributed by atoms with van der Waals surface area (Å²) in [6.45, 7) is 1.93. The molecular formula is C9H8ClN3. The first-order valence-electron chi connectivity index (χ1n) is 3.89. The molecule has 0 spiro atoms. The van der Waals surface area contributed by atoms with Gasteiger partial charge in [-0.3, -0.25) is 5.10 Å². The molecule has 0 saturated heterocycles. The summed E-state index contributed by atoms with van der Waals surface area (Å²) < 4.78 is 0. The Labute approximate surface area is 80.8 Å². The van der Waals surface area contributed by atoms with Gasteiger partial charge in [0.05, 0.1) is 5.69 Å². The van der Waals surface area contributed by atoms with Gasteiger partial charge in [0, 0.05) is 18.0 Å². The van der Waals surface area contributed by atoms with Crippen LogP contribution in [0.15, 0.2) is 24.5 Å². The summed E-state index contributed by atoms with van der Waals surface area (Å²) in [5, 5.41) is 7.28. The smallest absolute Gasteiger partial charge is 0.131 e. The number of nitrogens with one attached hydrogen (secondary N) is 1. The van der Waals surface area contributed by atoms with Crippen molar-refractivity contribution in [2.75, 3.05) is 0 Å². The number of rotatable bonds is 1. The fourth-order valence-corrected chi connectivity index (χ4v) is 1.23. The molecule has 0 aromatic carbocycles. The van der Waals surface area contributed by atoms with E-state index >= 15 is 0 Å². The van der Waals surface area contributed by atoms with Gasteiger partial charge in [0.15, 0.2) is 0 Å². The largest absolute Gasteiger partial charge is 0.278 e. The predicted molar refractivity (Wildman–Crippen MR) is 51.6 cm³/mol. The van der Waals surface area contributed by atoms with E-state index in [0.29, 0.717) is 5.15 Å². The van der Waals surface area contributed by atoms with Gasteiger partial charge in [0.1, 0.15) is 5.15 Å². The number of hydrogen-bond acceptors (Lipinski definition) is 2. The van der Waals surface area contributed by atoms with E-state index in [1.165, 1.54) is 0 Å². The van der Waals surface area contributed by atoms with Gasteiger partial charge in [-0.05, 0) is 24.6 Å². The first kappa shape index (κ1) is 8.26. The summed E-state index contributed by atoms with van der Waals surface area (Å²) >= 11 is 5.81. The van der Waals surface area contributed by atoms with Crippen LogP contribution in [-0.2, 0) is 0 Å². The molecule has 1 N–H and O–H groups in total. The Bertz CT molecular complexity index is 409. The number of H-pyrrole nitrogens is 1. The SMILES string of the molecule is Cc1cc(-c2ccn[nH]2)cnc1Cl. The van der Waals surface area contributed by atoms with E-state index < -0.39 is 0 Å². The van der Waals surface area contributed by atoms with Crippen LogP contribution in [0.2, 0.25) is 5.15 Å². The second kappa shape index (κ2) is 3.18. The second-order valence-corrected chi connectivity index (χ2v) is 3.16. The summed E-state index contributed by atoms with van der Waals surface area (Å²) in [4.78, 5) is 4.05. The van der Waals surface area contributed by atoms with Crippen LogP contribution in [0.3, 0.4) is 0 Å². The molecule has 2 aromatic rings. The Hall–Kier alpha value is -1.35. The average Bonchev–Trinajstić information content (AvgIpc) is 2.62. The van der Waals surface area contributed by atoms with Crippen molar-refractivity contribution in [1.29, 1.82) is 0 Å². The van der Waals surface area contributed by atoms with Crippen LogP contribution in [0.25, 0.3) is 11.3 Å². The van der Waals surface area contributed by atoms with Crippen LogP contribution in [-0.4, -0.2) is 15.2 Å². The lowest BCUT2D eigenvalue weighted by Gasteiger charge is -1.99. The summed E-state index contributed by atoms with van der Waals surface area (Å²) in [5.74, 6) is 0. The van der Waals surface area contributed by atoms with Gasteiger partial charge in [-0.15, -0.1) is 0 Å². The molecule has 2 heterocycles. The predicted octanol–water partition coefficient (Wildman–Crippen LogP) is 2.43. The van der Waals surface area contributed by atoms with E-state index in [1.54, 1.807) is 12.4 Å². The molecule has 0 aliphatic heterocycles. The zero-order valence-electron chi connectivity index (χ0n) is 7.08. The Balaban J connectivity index is 2.49. The number of aromatic nitrogens is 3. The van der Waals surface area contributed by atoms with E-state index in [2.05, 4.69) is 15.2 Å². The van der Waals surface area contributed by atoms with Gasteiger partial charge in [-0.1, -0.05) is 11.6 Å². The quantitative estimate of drug-likeness (QED) is 0.707. The molecule has 0 aliphatic carbocycles. The third-order valence-electron chi connectivity index (χ3n) is 1.83. The highest BCUT2D eigenvalue weighted by molar-refractivity contribution is 6.30. The van der Waals surface area contributed by atoms with E-state index in [4.69, 9.17) is 11.6 Å². The molecule has 0 atom stereocenters. The molecule has 4 heteroatoms. The van der Waals surface area contributed by atoms with Gasteiger partial charge in [-0.2, -0.15) is 5.10 Å². The number of hydrogen-bond donors (Lipinski definition) is 1. The van der Waals surface area contributed by atoms with Crippen molar-refractivity contribution >= 4 is 11.6 Å². The maximum atomic E-state index is 5.81. The van der Waals surface area contributed by atoms with Crippen LogP contribution in [0, 0.1) is 6.92 Å². The van der Waals surface area contributed by atoms with E-state index in [-0.39, 0.29) is 0 Å². The normalized spacial score (nSPS) is 10.3. The zero-order valence-corrected chi connectivity index (χ0v) is 7.84. The van der Waals surface area contributed by atoms with E-state index in [1.807, 2.05) is 19.1 Å². The van der Waals surface area contributed by atoms with Crippen LogP contribution in [0.1, 0.15) is 5.56 Å². The van der Waals surface area contributed by atoms with Crippen molar-refractivity contribution in [2.45, 2.75) is 6.92 Å². The minimum Gasteiger partial charge on any atom is -0.278 e. The van der Waals surface area contributed by atoms with Gasteiger partial charge < -0.3 is 0 Å². The Kier molecular flexibility index (Phi) is 2.02. The molecule has 0 aliphatic rings. The van der Waals surface area contributed by atoms with Crippen molar-refractivity contribution in [3.63, 3.8) is 0 Å². The summed E-state index contributed by atoms with van der Waals surface area (Å²) in [5.41, 5.74) is 2.92. The standard InChI is InChI=1S/C9H8ClN3/c1-6-4-7(5-11-9(6)10)8-2-3-12-13-8/h2-5H,1H3,(H,12,13). The van der Waals surface area contributed by atoms with Crippen LogP contribution < -0.4 is 0 Å². The van der Waals surface area contributed by atoms with Crippen molar-refractivity contribution in [3.05, 3.63) is 35.2 Å². The molecule has 66 valence electrons. The molecule has 0 radical (unpaired) electrons. The van der Waals surface area contributed by atoms with Gasteiger partial charge >= 0.3 is 0 Å². The van der Waals surface area contributed by atoms with Crippen molar-refractivity contribution in [3.8, 4) is 11.3 Å². The molecular weight excluding hydrogens is 186 g/mol. The average molecular weight is 194 g/mol. The lowest BCUT2D eigenvalue weighted by atomic mass is 10.2. The third-order valence-corrected chi connectivity index (χ3v) is 2.22. The lowest BCUT2D eigenvalue weighted by molar-refractivity contribution is 1.09. The highest BCUT2D eigenvalue weighted by atomic mass is 35.5. The maximum Gasteiger partial charge on any atom is 0.131 e. The maximum absolute atomic E-state index is 5.81. The summed E-state index contributed by atoms with van der Waals surface area (Å²) in [6, 6.07) is 3.87. The molecule has 0 amide bonds. The molecule has 0 unspecified atom stereocenters. The Morgan fingerprint density at radius 3 is 2.92 bits per heavy atom. The zero-order chi connectivity index (χ0) is 9.26. The molecule has 2 aromatic heterocycles. The highest BCUT2D eigenvalue weighted by Gasteiger charge is 2.01.